The Morgan fingerprint density at radius 2 is 1.80 bits per heavy atom. The molecule has 1 saturated heterocycles. The molecule has 210 valence electrons. The molecule has 0 unspecified atom stereocenters. The summed E-state index contributed by atoms with van der Waals surface area (Å²) in [6.45, 7) is 9.06. The summed E-state index contributed by atoms with van der Waals surface area (Å²) in [5.41, 5.74) is 2.08. The zero-order valence-electron chi connectivity index (χ0n) is 23.1. The van der Waals surface area contributed by atoms with Gasteiger partial charge in [-0.15, -0.1) is 11.3 Å². The molecule has 0 spiro atoms. The van der Waals surface area contributed by atoms with Crippen molar-refractivity contribution in [1.82, 2.24) is 14.4 Å². The van der Waals surface area contributed by atoms with Crippen LogP contribution in [0.25, 0.3) is 0 Å². The van der Waals surface area contributed by atoms with Crippen LogP contribution in [0.3, 0.4) is 0 Å². The number of carbonyl (C=O) groups is 2. The SMILES string of the molecule is CCCN(Cc1cccn1Cc1ccc(C(=O)N2CCN(c3ccccc3OCC)CC2)o1)C(=O)c1cccs1. The fourth-order valence-corrected chi connectivity index (χ4v) is 5.76. The van der Waals surface area contributed by atoms with Crippen molar-refractivity contribution in [2.24, 2.45) is 0 Å². The van der Waals surface area contributed by atoms with Gasteiger partial charge in [-0.2, -0.15) is 0 Å². The monoisotopic (exact) mass is 560 g/mol. The van der Waals surface area contributed by atoms with Gasteiger partial charge in [-0.05, 0) is 61.2 Å². The number of ether oxygens (including phenoxy) is 1. The van der Waals surface area contributed by atoms with Crippen molar-refractivity contribution in [3.63, 3.8) is 0 Å². The number of thiophene rings is 1. The van der Waals surface area contributed by atoms with E-state index in [4.69, 9.17) is 9.15 Å². The van der Waals surface area contributed by atoms with E-state index in [1.165, 1.54) is 11.3 Å². The Balaban J connectivity index is 1.20. The molecule has 1 aromatic carbocycles. The minimum absolute atomic E-state index is 0.0527. The molecule has 0 atom stereocenters. The third-order valence-electron chi connectivity index (χ3n) is 7.06. The Morgan fingerprint density at radius 3 is 2.55 bits per heavy atom. The number of rotatable bonds is 11. The van der Waals surface area contributed by atoms with Gasteiger partial charge in [0.25, 0.3) is 11.8 Å². The van der Waals surface area contributed by atoms with Crippen molar-refractivity contribution in [3.05, 3.63) is 94.3 Å². The molecular weight excluding hydrogens is 524 g/mol. The normalized spacial score (nSPS) is 13.4. The summed E-state index contributed by atoms with van der Waals surface area (Å²) in [6, 6.07) is 19.5. The van der Waals surface area contributed by atoms with E-state index < -0.39 is 0 Å². The molecule has 2 amide bonds. The van der Waals surface area contributed by atoms with E-state index >= 15 is 0 Å². The van der Waals surface area contributed by atoms with Gasteiger partial charge in [0.2, 0.25) is 0 Å². The first kappa shape index (κ1) is 27.6. The standard InChI is InChI=1S/C31H36N4O4S/c1-3-15-35(31(37)29-12-8-21-40-29)22-24-9-7-16-34(24)23-25-13-14-28(39-25)30(36)33-19-17-32(18-20-33)26-10-5-6-11-27(26)38-4-2/h5-14,16,21H,3-4,15,17-20,22-23H2,1-2H3. The largest absolute Gasteiger partial charge is 0.492 e. The first-order valence-electron chi connectivity index (χ1n) is 13.9. The highest BCUT2D eigenvalue weighted by atomic mass is 32.1. The lowest BCUT2D eigenvalue weighted by atomic mass is 10.2. The van der Waals surface area contributed by atoms with Crippen molar-refractivity contribution in [3.8, 4) is 5.75 Å². The fourth-order valence-electron chi connectivity index (χ4n) is 5.07. The molecule has 3 aromatic heterocycles. The zero-order valence-corrected chi connectivity index (χ0v) is 23.9. The molecular formula is C31H36N4O4S. The second-order valence-corrected chi connectivity index (χ2v) is 10.7. The van der Waals surface area contributed by atoms with E-state index in [1.54, 1.807) is 6.07 Å². The molecule has 0 saturated carbocycles. The van der Waals surface area contributed by atoms with Gasteiger partial charge in [-0.3, -0.25) is 9.59 Å². The number of carbonyl (C=O) groups excluding carboxylic acids is 2. The highest BCUT2D eigenvalue weighted by molar-refractivity contribution is 7.12. The van der Waals surface area contributed by atoms with Crippen molar-refractivity contribution in [2.75, 3.05) is 44.2 Å². The van der Waals surface area contributed by atoms with Crippen molar-refractivity contribution >= 4 is 28.8 Å². The molecule has 0 radical (unpaired) electrons. The number of benzene rings is 1. The highest BCUT2D eigenvalue weighted by Gasteiger charge is 2.26. The smallest absolute Gasteiger partial charge is 0.289 e. The molecule has 4 heterocycles. The Morgan fingerprint density at radius 1 is 0.975 bits per heavy atom. The van der Waals surface area contributed by atoms with Crippen LogP contribution in [0.15, 0.2) is 76.7 Å². The number of piperazine rings is 1. The Hall–Kier alpha value is -3.98. The lowest BCUT2D eigenvalue weighted by Gasteiger charge is -2.36. The van der Waals surface area contributed by atoms with E-state index in [1.807, 2.05) is 76.8 Å². The first-order chi connectivity index (χ1) is 19.6. The number of anilines is 1. The predicted molar refractivity (Wildman–Crippen MR) is 157 cm³/mol. The number of nitrogens with zero attached hydrogens (tertiary/aromatic N) is 4. The van der Waals surface area contributed by atoms with Gasteiger partial charge in [-0.25, -0.2) is 0 Å². The molecule has 1 fully saturated rings. The number of hydrogen-bond donors (Lipinski definition) is 0. The second-order valence-electron chi connectivity index (χ2n) is 9.78. The van der Waals surface area contributed by atoms with Crippen LogP contribution in [-0.2, 0) is 13.1 Å². The van der Waals surface area contributed by atoms with E-state index in [2.05, 4.69) is 22.5 Å². The van der Waals surface area contributed by atoms with Crippen LogP contribution in [0.1, 0.15) is 51.9 Å². The molecule has 1 aliphatic rings. The number of amides is 2. The molecule has 1 aliphatic heterocycles. The number of hydrogen-bond acceptors (Lipinski definition) is 6. The summed E-state index contributed by atoms with van der Waals surface area (Å²) in [6.07, 6.45) is 2.87. The maximum Gasteiger partial charge on any atom is 0.289 e. The predicted octanol–water partition coefficient (Wildman–Crippen LogP) is 5.60. The summed E-state index contributed by atoms with van der Waals surface area (Å²) in [4.78, 5) is 33.0. The van der Waals surface area contributed by atoms with E-state index in [9.17, 15) is 9.59 Å². The third kappa shape index (κ3) is 6.25. The molecule has 40 heavy (non-hydrogen) atoms. The number of aromatic nitrogens is 1. The van der Waals surface area contributed by atoms with Gasteiger partial charge in [0.1, 0.15) is 11.5 Å². The Labute approximate surface area is 239 Å². The molecule has 0 N–H and O–H groups in total. The molecule has 0 bridgehead atoms. The van der Waals surface area contributed by atoms with Crippen molar-refractivity contribution in [2.45, 2.75) is 33.4 Å². The minimum Gasteiger partial charge on any atom is -0.492 e. The third-order valence-corrected chi connectivity index (χ3v) is 7.92. The van der Waals surface area contributed by atoms with Crippen LogP contribution in [0.5, 0.6) is 5.75 Å². The van der Waals surface area contributed by atoms with Crippen LogP contribution >= 0.6 is 11.3 Å². The summed E-state index contributed by atoms with van der Waals surface area (Å²) in [7, 11) is 0. The van der Waals surface area contributed by atoms with Crippen molar-refractivity contribution < 1.29 is 18.7 Å². The summed E-state index contributed by atoms with van der Waals surface area (Å²) < 4.78 is 13.9. The topological polar surface area (TPSA) is 71.2 Å². The summed E-state index contributed by atoms with van der Waals surface area (Å²) in [5.74, 6) is 1.90. The molecule has 8 nitrogen and oxygen atoms in total. The average molecular weight is 561 g/mol. The summed E-state index contributed by atoms with van der Waals surface area (Å²) >= 11 is 1.47. The van der Waals surface area contributed by atoms with E-state index in [0.29, 0.717) is 50.9 Å². The van der Waals surface area contributed by atoms with Gasteiger partial charge in [-0.1, -0.05) is 25.1 Å². The van der Waals surface area contributed by atoms with Crippen LogP contribution < -0.4 is 9.64 Å². The lowest BCUT2D eigenvalue weighted by molar-refractivity contribution is 0.0710. The van der Waals surface area contributed by atoms with Gasteiger partial charge in [0, 0.05) is 44.6 Å². The van der Waals surface area contributed by atoms with Gasteiger partial charge >= 0.3 is 0 Å². The molecule has 4 aromatic rings. The maximum absolute atomic E-state index is 13.2. The summed E-state index contributed by atoms with van der Waals surface area (Å²) in [5, 5.41) is 1.93. The molecule has 0 aliphatic carbocycles. The fraction of sp³-hybridized carbons (Fsp3) is 0.355. The van der Waals surface area contributed by atoms with E-state index in [0.717, 1.165) is 41.5 Å². The van der Waals surface area contributed by atoms with Crippen LogP contribution in [-0.4, -0.2) is 65.5 Å². The Kier molecular flexibility index (Phi) is 8.91. The van der Waals surface area contributed by atoms with Crippen LogP contribution in [0.4, 0.5) is 5.69 Å². The van der Waals surface area contributed by atoms with Crippen molar-refractivity contribution in [1.29, 1.82) is 0 Å². The second kappa shape index (κ2) is 12.9. The van der Waals surface area contributed by atoms with E-state index in [-0.39, 0.29) is 11.8 Å². The Bertz CT molecular complexity index is 1400. The maximum atomic E-state index is 13.2. The quantitative estimate of drug-likeness (QED) is 0.239. The zero-order chi connectivity index (χ0) is 27.9. The molecule has 5 rings (SSSR count). The van der Waals surface area contributed by atoms with Crippen LogP contribution in [0.2, 0.25) is 0 Å². The number of furan rings is 1. The average Bonchev–Trinajstić information content (AvgIpc) is 3.76. The number of para-hydroxylation sites is 2. The lowest BCUT2D eigenvalue weighted by Crippen LogP contribution is -2.48. The minimum atomic E-state index is -0.0904. The van der Waals surface area contributed by atoms with Gasteiger partial charge in [0.05, 0.1) is 30.3 Å². The van der Waals surface area contributed by atoms with Gasteiger partial charge < -0.3 is 28.4 Å². The van der Waals surface area contributed by atoms with Gasteiger partial charge in [0.15, 0.2) is 5.76 Å². The molecule has 9 heteroatoms. The first-order valence-corrected chi connectivity index (χ1v) is 14.8. The highest BCUT2D eigenvalue weighted by Crippen LogP contribution is 2.29. The van der Waals surface area contributed by atoms with Crippen LogP contribution in [0, 0.1) is 0 Å².